The highest BCUT2D eigenvalue weighted by Crippen LogP contribution is 2.34. The maximum Gasteiger partial charge on any atom is 0.269 e. The third-order valence-electron chi connectivity index (χ3n) is 4.19. The number of non-ortho nitro benzene ring substituents is 1. The topological polar surface area (TPSA) is 72.7 Å². The number of nitro benzene ring substituents is 1. The first kappa shape index (κ1) is 22.5. The maximum atomic E-state index is 12.6. The number of hydrogen-bond donors (Lipinski definition) is 0. The van der Waals surface area contributed by atoms with Crippen LogP contribution in [-0.2, 0) is 11.4 Å². The summed E-state index contributed by atoms with van der Waals surface area (Å²) >= 11 is 10.1. The lowest BCUT2D eigenvalue weighted by Crippen LogP contribution is -2.31. The Kier molecular flexibility index (Phi) is 7.27. The Morgan fingerprint density at radius 1 is 1.30 bits per heavy atom. The normalized spacial score (nSPS) is 15.3. The summed E-state index contributed by atoms with van der Waals surface area (Å²) in [6.07, 6.45) is 1.81. The van der Waals surface area contributed by atoms with E-state index >= 15 is 0 Å². The highest BCUT2D eigenvalue weighted by Gasteiger charge is 2.32. The minimum atomic E-state index is -0.433. The molecule has 1 heterocycles. The zero-order valence-electron chi connectivity index (χ0n) is 16.3. The lowest BCUT2D eigenvalue weighted by atomic mass is 10.2. The monoisotopic (exact) mass is 506 g/mol. The number of nitrogens with zero attached hydrogens (tertiary/aromatic N) is 2. The van der Waals surface area contributed by atoms with Crippen molar-refractivity contribution < 1.29 is 14.5 Å². The number of thioether (sulfide) groups is 1. The molecule has 0 N–H and O–H groups in total. The number of carbonyl (C=O) groups excluding carboxylic acids is 1. The Balaban J connectivity index is 1.70. The molecular weight excluding hydrogens is 488 g/mol. The number of nitro groups is 1. The Morgan fingerprint density at radius 2 is 2.07 bits per heavy atom. The van der Waals surface area contributed by atoms with E-state index in [1.54, 1.807) is 23.1 Å². The van der Waals surface area contributed by atoms with Gasteiger partial charge in [-0.3, -0.25) is 19.8 Å². The van der Waals surface area contributed by atoms with Gasteiger partial charge in [-0.15, -0.1) is 0 Å². The van der Waals surface area contributed by atoms with Crippen LogP contribution in [0.5, 0.6) is 5.75 Å². The first-order chi connectivity index (χ1) is 14.2. The van der Waals surface area contributed by atoms with E-state index in [2.05, 4.69) is 15.9 Å². The van der Waals surface area contributed by atoms with Crippen molar-refractivity contribution in [2.24, 2.45) is 5.92 Å². The first-order valence-corrected chi connectivity index (χ1v) is 11.2. The van der Waals surface area contributed by atoms with Crippen LogP contribution in [0.1, 0.15) is 25.0 Å². The Morgan fingerprint density at radius 3 is 2.73 bits per heavy atom. The van der Waals surface area contributed by atoms with Crippen molar-refractivity contribution in [3.05, 3.63) is 73.1 Å². The average Bonchev–Trinajstić information content (AvgIpc) is 2.94. The predicted molar refractivity (Wildman–Crippen MR) is 126 cm³/mol. The van der Waals surface area contributed by atoms with Crippen LogP contribution in [0.4, 0.5) is 5.69 Å². The minimum absolute atomic E-state index is 0.0281. The molecule has 0 unspecified atom stereocenters. The summed E-state index contributed by atoms with van der Waals surface area (Å²) in [4.78, 5) is 25.3. The quantitative estimate of drug-likeness (QED) is 0.204. The van der Waals surface area contributed by atoms with Crippen LogP contribution in [0.3, 0.4) is 0 Å². The van der Waals surface area contributed by atoms with Gasteiger partial charge in [0.05, 0.1) is 14.3 Å². The van der Waals surface area contributed by atoms with Crippen molar-refractivity contribution in [2.75, 3.05) is 6.54 Å². The smallest absolute Gasteiger partial charge is 0.269 e. The van der Waals surface area contributed by atoms with Gasteiger partial charge in [0.1, 0.15) is 16.7 Å². The molecule has 9 heteroatoms. The van der Waals surface area contributed by atoms with E-state index in [0.717, 1.165) is 10.0 Å². The van der Waals surface area contributed by atoms with E-state index in [0.29, 0.717) is 33.0 Å². The van der Waals surface area contributed by atoms with Crippen LogP contribution >= 0.6 is 39.9 Å². The molecule has 156 valence electrons. The summed E-state index contributed by atoms with van der Waals surface area (Å²) < 4.78 is 7.09. The molecule has 3 rings (SSSR count). The molecule has 30 heavy (non-hydrogen) atoms. The van der Waals surface area contributed by atoms with Crippen LogP contribution in [0, 0.1) is 16.0 Å². The van der Waals surface area contributed by atoms with Gasteiger partial charge in [-0.1, -0.05) is 56.0 Å². The van der Waals surface area contributed by atoms with Gasteiger partial charge in [-0.2, -0.15) is 0 Å². The number of hydrogen-bond acceptors (Lipinski definition) is 6. The summed E-state index contributed by atoms with van der Waals surface area (Å²) in [7, 11) is 0. The molecule has 2 aromatic carbocycles. The summed E-state index contributed by atoms with van der Waals surface area (Å²) in [6, 6.07) is 11.8. The Hall–Kier alpha value is -2.23. The number of amides is 1. The largest absolute Gasteiger partial charge is 0.488 e. The fraction of sp³-hybridized carbons (Fsp3) is 0.238. The Labute approximate surface area is 192 Å². The molecule has 0 radical (unpaired) electrons. The summed E-state index contributed by atoms with van der Waals surface area (Å²) in [5.74, 6) is 0.871. The average molecular weight is 507 g/mol. The lowest BCUT2D eigenvalue weighted by Gasteiger charge is -2.16. The molecule has 1 saturated heterocycles. The zero-order valence-corrected chi connectivity index (χ0v) is 19.6. The highest BCUT2D eigenvalue weighted by molar-refractivity contribution is 9.10. The predicted octanol–water partition coefficient (Wildman–Crippen LogP) is 5.79. The molecule has 0 aromatic heterocycles. The molecule has 1 aliphatic rings. The van der Waals surface area contributed by atoms with E-state index in [9.17, 15) is 14.9 Å². The van der Waals surface area contributed by atoms with Gasteiger partial charge in [-0.05, 0) is 51.2 Å². The van der Waals surface area contributed by atoms with Gasteiger partial charge < -0.3 is 4.74 Å². The van der Waals surface area contributed by atoms with E-state index in [1.165, 1.54) is 23.9 Å². The second-order valence-corrected chi connectivity index (χ2v) is 9.62. The van der Waals surface area contributed by atoms with Crippen LogP contribution in [-0.4, -0.2) is 26.6 Å². The van der Waals surface area contributed by atoms with Crippen molar-refractivity contribution in [1.82, 2.24) is 4.90 Å². The molecule has 0 saturated carbocycles. The number of benzene rings is 2. The van der Waals surface area contributed by atoms with E-state index in [-0.39, 0.29) is 18.2 Å². The van der Waals surface area contributed by atoms with E-state index in [4.69, 9.17) is 17.0 Å². The van der Waals surface area contributed by atoms with Crippen LogP contribution in [0.15, 0.2) is 51.8 Å². The van der Waals surface area contributed by atoms with Crippen molar-refractivity contribution in [3.8, 4) is 5.75 Å². The van der Waals surface area contributed by atoms with Gasteiger partial charge in [0.15, 0.2) is 0 Å². The van der Waals surface area contributed by atoms with E-state index in [1.807, 2.05) is 32.1 Å². The van der Waals surface area contributed by atoms with Gasteiger partial charge in [0.25, 0.3) is 11.6 Å². The number of thiocarbonyl (C=S) groups is 1. The lowest BCUT2D eigenvalue weighted by molar-refractivity contribution is -0.384. The number of rotatable bonds is 7. The van der Waals surface area contributed by atoms with Crippen LogP contribution in [0.2, 0.25) is 0 Å². The van der Waals surface area contributed by atoms with Crippen molar-refractivity contribution in [1.29, 1.82) is 0 Å². The molecule has 0 atom stereocenters. The molecule has 6 nitrogen and oxygen atoms in total. The van der Waals surface area contributed by atoms with Crippen molar-refractivity contribution >= 4 is 61.9 Å². The van der Waals surface area contributed by atoms with Crippen molar-refractivity contribution in [2.45, 2.75) is 20.5 Å². The SMILES string of the molecule is CC(C)CN1C(=O)/C(=C/c2ccc(OCc3cccc([N+](=O)[O-])c3)c(Br)c2)SC1=S. The van der Waals surface area contributed by atoms with Gasteiger partial charge >= 0.3 is 0 Å². The molecule has 2 aromatic rings. The maximum absolute atomic E-state index is 12.6. The standard InChI is InChI=1S/C21H19BrN2O4S2/c1-13(2)11-23-20(25)19(30-21(23)29)10-14-6-7-18(17(22)9-14)28-12-15-4-3-5-16(8-15)24(26)27/h3-10,13H,11-12H2,1-2H3/b19-10-. The summed E-state index contributed by atoms with van der Waals surface area (Å²) in [5.41, 5.74) is 1.57. The van der Waals surface area contributed by atoms with Gasteiger partial charge in [0.2, 0.25) is 0 Å². The minimum Gasteiger partial charge on any atom is -0.488 e. The highest BCUT2D eigenvalue weighted by atomic mass is 79.9. The number of halogens is 1. The second kappa shape index (κ2) is 9.72. The Bertz CT molecular complexity index is 1040. The molecule has 0 bridgehead atoms. The van der Waals surface area contributed by atoms with Gasteiger partial charge in [0, 0.05) is 18.7 Å². The fourth-order valence-electron chi connectivity index (χ4n) is 2.82. The second-order valence-electron chi connectivity index (χ2n) is 7.09. The third kappa shape index (κ3) is 5.47. The van der Waals surface area contributed by atoms with Crippen LogP contribution < -0.4 is 4.74 Å². The van der Waals surface area contributed by atoms with Crippen molar-refractivity contribution in [3.63, 3.8) is 0 Å². The van der Waals surface area contributed by atoms with E-state index < -0.39 is 4.92 Å². The molecule has 1 aliphatic heterocycles. The van der Waals surface area contributed by atoms with Crippen LogP contribution in [0.25, 0.3) is 6.08 Å². The molecule has 0 aliphatic carbocycles. The summed E-state index contributed by atoms with van der Waals surface area (Å²) in [6.45, 7) is 4.90. The molecule has 0 spiro atoms. The molecule has 1 amide bonds. The fourth-order valence-corrected chi connectivity index (χ4v) is 4.60. The molecule has 1 fully saturated rings. The zero-order chi connectivity index (χ0) is 21.8. The van der Waals surface area contributed by atoms with Gasteiger partial charge in [-0.25, -0.2) is 0 Å². The molecular formula is C21H19BrN2O4S2. The first-order valence-electron chi connectivity index (χ1n) is 9.15. The number of ether oxygens (including phenoxy) is 1. The summed E-state index contributed by atoms with van der Waals surface area (Å²) in [5, 5.41) is 10.9. The third-order valence-corrected chi connectivity index (χ3v) is 6.19. The number of carbonyl (C=O) groups is 1.